The summed E-state index contributed by atoms with van der Waals surface area (Å²) in [7, 11) is 0. The van der Waals surface area contributed by atoms with Crippen molar-refractivity contribution in [3.05, 3.63) is 34.6 Å². The Hall–Kier alpha value is -2.16. The monoisotopic (exact) mass is 398 g/mol. The van der Waals surface area contributed by atoms with Gasteiger partial charge >= 0.3 is 6.18 Å². The highest BCUT2D eigenvalue weighted by molar-refractivity contribution is 7.71. The van der Waals surface area contributed by atoms with Crippen molar-refractivity contribution in [3.63, 3.8) is 0 Å². The van der Waals surface area contributed by atoms with Crippen molar-refractivity contribution in [2.24, 2.45) is 5.92 Å². The van der Waals surface area contributed by atoms with Gasteiger partial charge in [-0.25, -0.2) is 0 Å². The molecule has 2 aromatic rings. The lowest BCUT2D eigenvalue weighted by atomic mass is 9.84. The largest absolute Gasteiger partial charge is 0.393 e. The molecular weight excluding hydrogens is 377 g/mol. The Morgan fingerprint density at radius 2 is 1.96 bits per heavy atom. The number of amides is 1. The van der Waals surface area contributed by atoms with Crippen molar-refractivity contribution in [2.45, 2.75) is 51.4 Å². The molecule has 0 aliphatic heterocycles. The molecule has 3 rings (SSSR count). The van der Waals surface area contributed by atoms with Gasteiger partial charge in [0.2, 0.25) is 5.91 Å². The van der Waals surface area contributed by atoms with E-state index in [2.05, 4.69) is 15.5 Å². The van der Waals surface area contributed by atoms with Crippen LogP contribution < -0.4 is 5.32 Å². The Kier molecular flexibility index (Phi) is 5.69. The molecule has 0 unspecified atom stereocenters. The van der Waals surface area contributed by atoms with E-state index in [1.807, 2.05) is 31.2 Å². The highest BCUT2D eigenvalue weighted by Gasteiger charge is 2.45. The van der Waals surface area contributed by atoms with E-state index in [4.69, 9.17) is 12.2 Å². The normalized spacial score (nSPS) is 20.4. The SMILES string of the molecule is Cc1ccc(-c2n[nH]c(=S)n2CC(=O)N[C@H]2CCCC[C@@H]2C(F)(F)F)cc1. The molecule has 2 N–H and O–H groups in total. The standard InChI is InChI=1S/C18H21F3N4OS/c1-11-6-8-12(9-7-11)16-23-24-17(27)25(16)10-15(26)22-14-5-3-2-4-13(14)18(19,20)21/h6-9,13-14H,2-5,10H2,1H3,(H,22,26)(H,24,27)/t13-,14-/m0/s1. The zero-order valence-electron chi connectivity index (χ0n) is 14.8. The Morgan fingerprint density at radius 3 is 2.63 bits per heavy atom. The van der Waals surface area contributed by atoms with Gasteiger partial charge in [0, 0.05) is 11.6 Å². The molecule has 5 nitrogen and oxygen atoms in total. The molecule has 0 bridgehead atoms. The molecule has 1 aromatic carbocycles. The van der Waals surface area contributed by atoms with Gasteiger partial charge < -0.3 is 5.32 Å². The number of aromatic nitrogens is 3. The third-order valence-electron chi connectivity index (χ3n) is 4.90. The fourth-order valence-electron chi connectivity index (χ4n) is 3.48. The molecule has 1 fully saturated rings. The summed E-state index contributed by atoms with van der Waals surface area (Å²) in [4.78, 5) is 12.5. The fraction of sp³-hybridized carbons (Fsp3) is 0.500. The van der Waals surface area contributed by atoms with E-state index in [1.165, 1.54) is 4.57 Å². The number of halogens is 3. The van der Waals surface area contributed by atoms with Crippen molar-refractivity contribution >= 4 is 18.1 Å². The number of hydrogen-bond acceptors (Lipinski definition) is 3. The molecule has 1 saturated carbocycles. The van der Waals surface area contributed by atoms with E-state index in [1.54, 1.807) is 0 Å². The summed E-state index contributed by atoms with van der Waals surface area (Å²) in [6.07, 6.45) is -2.72. The van der Waals surface area contributed by atoms with Gasteiger partial charge in [-0.05, 0) is 32.0 Å². The van der Waals surface area contributed by atoms with Gasteiger partial charge in [0.15, 0.2) is 10.6 Å². The van der Waals surface area contributed by atoms with Crippen LogP contribution in [0, 0.1) is 17.6 Å². The van der Waals surface area contributed by atoms with Gasteiger partial charge in [0.05, 0.1) is 5.92 Å². The van der Waals surface area contributed by atoms with Gasteiger partial charge in [0.1, 0.15) is 6.54 Å². The number of rotatable bonds is 4. The van der Waals surface area contributed by atoms with Gasteiger partial charge in [-0.3, -0.25) is 14.5 Å². The highest BCUT2D eigenvalue weighted by atomic mass is 32.1. The van der Waals surface area contributed by atoms with Crippen LogP contribution in [-0.2, 0) is 11.3 Å². The maximum Gasteiger partial charge on any atom is 0.393 e. The molecular formula is C18H21F3N4OS. The molecule has 0 saturated heterocycles. The number of benzene rings is 1. The van der Waals surface area contributed by atoms with E-state index in [-0.39, 0.29) is 17.7 Å². The average molecular weight is 398 g/mol. The van der Waals surface area contributed by atoms with Crippen LogP contribution in [0.25, 0.3) is 11.4 Å². The van der Waals surface area contributed by atoms with Gasteiger partial charge in [-0.1, -0.05) is 42.7 Å². The van der Waals surface area contributed by atoms with Crippen LogP contribution >= 0.6 is 12.2 Å². The zero-order chi connectivity index (χ0) is 19.6. The number of alkyl halides is 3. The van der Waals surface area contributed by atoms with Crippen LogP contribution in [-0.4, -0.2) is 32.9 Å². The van der Waals surface area contributed by atoms with E-state index >= 15 is 0 Å². The minimum absolute atomic E-state index is 0.0498. The average Bonchev–Trinajstić information content (AvgIpc) is 2.96. The second kappa shape index (κ2) is 7.84. The quantitative estimate of drug-likeness (QED) is 0.761. The van der Waals surface area contributed by atoms with Crippen molar-refractivity contribution in [1.29, 1.82) is 0 Å². The number of nitrogens with one attached hydrogen (secondary N) is 2. The third-order valence-corrected chi connectivity index (χ3v) is 5.21. The van der Waals surface area contributed by atoms with Crippen molar-refractivity contribution in [2.75, 3.05) is 0 Å². The lowest BCUT2D eigenvalue weighted by molar-refractivity contribution is -0.189. The van der Waals surface area contributed by atoms with Crippen LogP contribution in [0.15, 0.2) is 24.3 Å². The first-order valence-electron chi connectivity index (χ1n) is 8.84. The van der Waals surface area contributed by atoms with E-state index in [0.29, 0.717) is 25.1 Å². The number of carbonyl (C=O) groups is 1. The Labute approximate surface area is 160 Å². The molecule has 1 aromatic heterocycles. The first-order valence-corrected chi connectivity index (χ1v) is 9.25. The summed E-state index contributed by atoms with van der Waals surface area (Å²) in [6, 6.07) is 6.64. The van der Waals surface area contributed by atoms with E-state index in [9.17, 15) is 18.0 Å². The van der Waals surface area contributed by atoms with Gasteiger partial charge in [-0.15, -0.1) is 0 Å². The molecule has 1 aliphatic rings. The molecule has 9 heteroatoms. The molecule has 1 amide bonds. The van der Waals surface area contributed by atoms with Crippen LogP contribution in [0.1, 0.15) is 31.2 Å². The van der Waals surface area contributed by atoms with Crippen molar-refractivity contribution in [3.8, 4) is 11.4 Å². The minimum atomic E-state index is -4.31. The maximum atomic E-state index is 13.2. The number of H-pyrrole nitrogens is 1. The predicted octanol–water partition coefficient (Wildman–Crippen LogP) is 4.15. The molecule has 146 valence electrons. The number of nitrogens with zero attached hydrogens (tertiary/aromatic N) is 2. The zero-order valence-corrected chi connectivity index (χ0v) is 15.7. The molecule has 1 heterocycles. The Morgan fingerprint density at radius 1 is 1.30 bits per heavy atom. The summed E-state index contributed by atoms with van der Waals surface area (Å²) in [5.74, 6) is -1.52. The first-order chi connectivity index (χ1) is 12.8. The van der Waals surface area contributed by atoms with Crippen molar-refractivity contribution in [1.82, 2.24) is 20.1 Å². The summed E-state index contributed by atoms with van der Waals surface area (Å²) < 4.78 is 41.4. The molecule has 27 heavy (non-hydrogen) atoms. The molecule has 2 atom stereocenters. The summed E-state index contributed by atoms with van der Waals surface area (Å²) in [5, 5.41) is 9.36. The Bertz CT molecular complexity index is 857. The van der Waals surface area contributed by atoms with Crippen LogP contribution in [0.3, 0.4) is 0 Å². The lowest BCUT2D eigenvalue weighted by Gasteiger charge is -2.33. The lowest BCUT2D eigenvalue weighted by Crippen LogP contribution is -2.48. The number of carbonyl (C=O) groups excluding carboxylic acids is 1. The van der Waals surface area contributed by atoms with Crippen molar-refractivity contribution < 1.29 is 18.0 Å². The summed E-state index contributed by atoms with van der Waals surface area (Å²) in [6.45, 7) is 1.77. The van der Waals surface area contributed by atoms with Crippen LogP contribution in [0.2, 0.25) is 0 Å². The van der Waals surface area contributed by atoms with Gasteiger partial charge in [-0.2, -0.15) is 18.3 Å². The topological polar surface area (TPSA) is 62.7 Å². The second-order valence-corrected chi connectivity index (χ2v) is 7.30. The van der Waals surface area contributed by atoms with Crippen LogP contribution in [0.4, 0.5) is 13.2 Å². The highest BCUT2D eigenvalue weighted by Crippen LogP contribution is 2.37. The van der Waals surface area contributed by atoms with E-state index in [0.717, 1.165) is 11.1 Å². The smallest absolute Gasteiger partial charge is 0.351 e. The summed E-state index contributed by atoms with van der Waals surface area (Å²) in [5.41, 5.74) is 1.85. The molecule has 1 aliphatic carbocycles. The number of aryl methyl sites for hydroxylation is 1. The number of aromatic amines is 1. The third kappa shape index (κ3) is 4.58. The summed E-state index contributed by atoms with van der Waals surface area (Å²) >= 11 is 5.19. The van der Waals surface area contributed by atoms with Gasteiger partial charge in [0.25, 0.3) is 0 Å². The fourth-order valence-corrected chi connectivity index (χ4v) is 3.68. The first kappa shape index (κ1) is 19.6. The molecule has 0 radical (unpaired) electrons. The number of hydrogen-bond donors (Lipinski definition) is 2. The minimum Gasteiger partial charge on any atom is -0.351 e. The Balaban J connectivity index is 1.76. The maximum absolute atomic E-state index is 13.2. The van der Waals surface area contributed by atoms with Crippen LogP contribution in [0.5, 0.6) is 0 Å². The predicted molar refractivity (Wildman–Crippen MR) is 97.5 cm³/mol. The van der Waals surface area contributed by atoms with E-state index < -0.39 is 24.0 Å². The molecule has 0 spiro atoms. The second-order valence-electron chi connectivity index (χ2n) is 6.91.